The molecule has 0 aliphatic carbocycles. The summed E-state index contributed by atoms with van der Waals surface area (Å²) in [7, 11) is 0. The zero-order valence-corrected chi connectivity index (χ0v) is 12.7. The van der Waals surface area contributed by atoms with E-state index in [1.54, 1.807) is 6.92 Å². The van der Waals surface area contributed by atoms with Gasteiger partial charge in [0.25, 0.3) is 5.69 Å². The monoisotopic (exact) mass is 295 g/mol. The molecule has 1 aromatic heterocycles. The van der Waals surface area contributed by atoms with Crippen LogP contribution in [0.3, 0.4) is 0 Å². The second-order valence-corrected chi connectivity index (χ2v) is 6.26. The lowest BCUT2D eigenvalue weighted by atomic mass is 9.87. The summed E-state index contributed by atoms with van der Waals surface area (Å²) in [6, 6.07) is 2.60. The number of hydrogen-bond donors (Lipinski definition) is 2. The first-order valence-corrected chi connectivity index (χ1v) is 6.69. The molecule has 2 N–H and O–H groups in total. The van der Waals surface area contributed by atoms with Crippen LogP contribution in [0.2, 0.25) is 0 Å². The van der Waals surface area contributed by atoms with E-state index in [0.717, 1.165) is 0 Å². The number of carboxylic acid groups (broad SMARTS) is 1. The lowest BCUT2D eigenvalue weighted by molar-refractivity contribution is -0.385. The Morgan fingerprint density at radius 1 is 1.48 bits per heavy atom. The van der Waals surface area contributed by atoms with Crippen molar-refractivity contribution in [3.05, 3.63) is 27.9 Å². The minimum Gasteiger partial charge on any atom is -0.481 e. The molecule has 1 atom stereocenters. The molecule has 0 spiro atoms. The summed E-state index contributed by atoms with van der Waals surface area (Å²) in [4.78, 5) is 25.3. The molecule has 116 valence electrons. The van der Waals surface area contributed by atoms with E-state index in [4.69, 9.17) is 5.11 Å². The Hall–Kier alpha value is -2.18. The Labute approximate surface area is 123 Å². The van der Waals surface area contributed by atoms with Crippen LogP contribution in [0.15, 0.2) is 12.1 Å². The number of carboxylic acids is 1. The number of nitrogens with one attached hydrogen (secondary N) is 1. The first kappa shape index (κ1) is 16.9. The summed E-state index contributed by atoms with van der Waals surface area (Å²) >= 11 is 0. The SMILES string of the molecule is Cc1nc(NC(CC(=O)O)CC(C)(C)C)ccc1[N+](=O)[O-]. The molecule has 0 saturated heterocycles. The van der Waals surface area contributed by atoms with E-state index in [0.29, 0.717) is 17.9 Å². The molecular weight excluding hydrogens is 274 g/mol. The summed E-state index contributed by atoms with van der Waals surface area (Å²) in [5.41, 5.74) is 0.212. The largest absolute Gasteiger partial charge is 0.481 e. The normalized spacial score (nSPS) is 12.8. The zero-order valence-electron chi connectivity index (χ0n) is 12.7. The van der Waals surface area contributed by atoms with E-state index in [1.165, 1.54) is 12.1 Å². The van der Waals surface area contributed by atoms with Crippen LogP contribution >= 0.6 is 0 Å². The first-order valence-electron chi connectivity index (χ1n) is 6.69. The number of carbonyl (C=O) groups is 1. The van der Waals surface area contributed by atoms with Gasteiger partial charge in [-0.25, -0.2) is 4.98 Å². The van der Waals surface area contributed by atoms with Crippen LogP contribution in [0.4, 0.5) is 11.5 Å². The zero-order chi connectivity index (χ0) is 16.2. The average Bonchev–Trinajstić information content (AvgIpc) is 2.24. The lowest BCUT2D eigenvalue weighted by Gasteiger charge is -2.26. The van der Waals surface area contributed by atoms with Gasteiger partial charge in [-0.05, 0) is 24.8 Å². The molecule has 7 nitrogen and oxygen atoms in total. The molecule has 21 heavy (non-hydrogen) atoms. The standard InChI is InChI=1S/C14H21N3O4/c1-9-11(17(20)21)5-6-12(15-9)16-10(7-13(18)19)8-14(2,3)4/h5-6,10H,7-8H2,1-4H3,(H,15,16)(H,18,19). The van der Waals surface area contributed by atoms with Crippen LogP contribution in [0.1, 0.15) is 39.3 Å². The van der Waals surface area contributed by atoms with Crippen molar-refractivity contribution in [3.8, 4) is 0 Å². The van der Waals surface area contributed by atoms with Crippen LogP contribution in [-0.4, -0.2) is 27.0 Å². The molecule has 0 bridgehead atoms. The van der Waals surface area contributed by atoms with E-state index >= 15 is 0 Å². The topological polar surface area (TPSA) is 105 Å². The van der Waals surface area contributed by atoms with Crippen LogP contribution < -0.4 is 5.32 Å². The number of hydrogen-bond acceptors (Lipinski definition) is 5. The van der Waals surface area contributed by atoms with Crippen molar-refractivity contribution in [2.45, 2.75) is 46.6 Å². The van der Waals surface area contributed by atoms with Crippen molar-refractivity contribution in [2.24, 2.45) is 5.41 Å². The number of aromatic nitrogens is 1. The van der Waals surface area contributed by atoms with Gasteiger partial charge in [0.05, 0.1) is 11.3 Å². The summed E-state index contributed by atoms with van der Waals surface area (Å²) in [6.07, 6.45) is 0.617. The molecular formula is C14H21N3O4. The molecule has 0 radical (unpaired) electrons. The Morgan fingerprint density at radius 3 is 2.52 bits per heavy atom. The minimum atomic E-state index is -0.893. The lowest BCUT2D eigenvalue weighted by Crippen LogP contribution is -2.28. The van der Waals surface area contributed by atoms with Crippen molar-refractivity contribution >= 4 is 17.5 Å². The Bertz CT molecular complexity index is 538. The van der Waals surface area contributed by atoms with E-state index in [2.05, 4.69) is 10.3 Å². The van der Waals surface area contributed by atoms with Gasteiger partial charge in [0.1, 0.15) is 11.5 Å². The van der Waals surface area contributed by atoms with Crippen LogP contribution in [-0.2, 0) is 4.79 Å². The van der Waals surface area contributed by atoms with Gasteiger partial charge in [0.15, 0.2) is 0 Å². The molecule has 0 aromatic carbocycles. The predicted molar refractivity (Wildman–Crippen MR) is 79.4 cm³/mol. The number of anilines is 1. The highest BCUT2D eigenvalue weighted by Gasteiger charge is 2.22. The third-order valence-electron chi connectivity index (χ3n) is 2.89. The molecule has 1 unspecified atom stereocenters. The maximum absolute atomic E-state index is 10.9. The Kier molecular flexibility index (Phi) is 5.23. The molecule has 0 aliphatic rings. The highest BCUT2D eigenvalue weighted by molar-refractivity contribution is 5.68. The molecule has 0 saturated carbocycles. The summed E-state index contributed by atoms with van der Waals surface area (Å²) in [5, 5.41) is 22.8. The number of aryl methyl sites for hydroxylation is 1. The fourth-order valence-corrected chi connectivity index (χ4v) is 2.16. The van der Waals surface area contributed by atoms with Gasteiger partial charge < -0.3 is 10.4 Å². The van der Waals surface area contributed by atoms with Crippen LogP contribution in [0, 0.1) is 22.5 Å². The van der Waals surface area contributed by atoms with Crippen LogP contribution in [0.5, 0.6) is 0 Å². The van der Waals surface area contributed by atoms with Gasteiger partial charge in [-0.15, -0.1) is 0 Å². The van der Waals surface area contributed by atoms with Gasteiger partial charge in [-0.3, -0.25) is 14.9 Å². The third kappa shape index (κ3) is 5.76. The second kappa shape index (κ2) is 6.51. The van der Waals surface area contributed by atoms with Crippen molar-refractivity contribution in [3.63, 3.8) is 0 Å². The smallest absolute Gasteiger partial charge is 0.305 e. The van der Waals surface area contributed by atoms with Crippen molar-refractivity contribution in [2.75, 3.05) is 5.32 Å². The fourth-order valence-electron chi connectivity index (χ4n) is 2.16. The highest BCUT2D eigenvalue weighted by Crippen LogP contribution is 2.25. The third-order valence-corrected chi connectivity index (χ3v) is 2.89. The first-order chi connectivity index (χ1) is 9.58. The van der Waals surface area contributed by atoms with Gasteiger partial charge in [-0.2, -0.15) is 0 Å². The van der Waals surface area contributed by atoms with E-state index in [1.807, 2.05) is 20.8 Å². The summed E-state index contributed by atoms with van der Waals surface area (Å²) in [6.45, 7) is 7.63. The number of aliphatic carboxylic acids is 1. The molecule has 0 fully saturated rings. The van der Waals surface area contributed by atoms with Crippen molar-refractivity contribution < 1.29 is 14.8 Å². The molecule has 1 rings (SSSR count). The molecule has 1 heterocycles. The van der Waals surface area contributed by atoms with Crippen molar-refractivity contribution in [1.29, 1.82) is 0 Å². The van der Waals surface area contributed by atoms with Gasteiger partial charge in [0, 0.05) is 12.1 Å². The van der Waals surface area contributed by atoms with Gasteiger partial charge in [0.2, 0.25) is 0 Å². The second-order valence-electron chi connectivity index (χ2n) is 6.26. The number of pyridine rings is 1. The van der Waals surface area contributed by atoms with E-state index < -0.39 is 10.9 Å². The van der Waals surface area contributed by atoms with Gasteiger partial charge >= 0.3 is 5.97 Å². The Balaban J connectivity index is 2.90. The molecule has 0 amide bonds. The number of nitro groups is 1. The maximum atomic E-state index is 10.9. The Morgan fingerprint density at radius 2 is 2.10 bits per heavy atom. The quantitative estimate of drug-likeness (QED) is 0.617. The van der Waals surface area contributed by atoms with E-state index in [9.17, 15) is 14.9 Å². The summed E-state index contributed by atoms with van der Waals surface area (Å²) < 4.78 is 0. The van der Waals surface area contributed by atoms with E-state index in [-0.39, 0.29) is 23.6 Å². The number of nitrogens with zero attached hydrogens (tertiary/aromatic N) is 2. The van der Waals surface area contributed by atoms with Crippen molar-refractivity contribution in [1.82, 2.24) is 4.98 Å². The predicted octanol–water partition coefficient (Wildman–Crippen LogP) is 2.99. The minimum absolute atomic E-state index is 0.0328. The molecule has 0 aliphatic heterocycles. The van der Waals surface area contributed by atoms with Crippen LogP contribution in [0.25, 0.3) is 0 Å². The number of rotatable bonds is 6. The molecule has 1 aromatic rings. The highest BCUT2D eigenvalue weighted by atomic mass is 16.6. The fraction of sp³-hybridized carbons (Fsp3) is 0.571. The van der Waals surface area contributed by atoms with Gasteiger partial charge in [-0.1, -0.05) is 20.8 Å². The average molecular weight is 295 g/mol. The molecule has 7 heteroatoms. The maximum Gasteiger partial charge on any atom is 0.305 e. The summed E-state index contributed by atoms with van der Waals surface area (Å²) in [5.74, 6) is -0.441.